The lowest BCUT2D eigenvalue weighted by Gasteiger charge is -2.34. The van der Waals surface area contributed by atoms with E-state index in [9.17, 15) is 9.18 Å². The minimum Gasteiger partial charge on any atom is -0.331 e. The number of rotatable bonds is 8. The van der Waals surface area contributed by atoms with Gasteiger partial charge >= 0.3 is 0 Å². The van der Waals surface area contributed by atoms with Gasteiger partial charge in [-0.2, -0.15) is 0 Å². The molecule has 0 aliphatic heterocycles. The first-order chi connectivity index (χ1) is 15.5. The topological polar surface area (TPSA) is 20.3 Å². The molecule has 1 fully saturated rings. The molecule has 2 aliphatic carbocycles. The van der Waals surface area contributed by atoms with E-state index >= 15 is 0 Å². The molecule has 1 unspecified atom stereocenters. The molecule has 2 nitrogen and oxygen atoms in total. The molecule has 2 aromatic rings. The third-order valence-electron chi connectivity index (χ3n) is 6.26. The van der Waals surface area contributed by atoms with Crippen molar-refractivity contribution in [3.05, 3.63) is 106 Å². The van der Waals surface area contributed by atoms with Crippen LogP contribution in [0.25, 0.3) is 0 Å². The fraction of sp³-hybridized carbons (Fsp3) is 0.321. The van der Waals surface area contributed by atoms with Gasteiger partial charge in [0.25, 0.3) is 0 Å². The van der Waals surface area contributed by atoms with E-state index in [4.69, 9.17) is 11.6 Å². The molecule has 0 N–H and O–H groups in total. The van der Waals surface area contributed by atoms with Gasteiger partial charge in [0.1, 0.15) is 5.82 Å². The highest BCUT2D eigenvalue weighted by Gasteiger charge is 2.39. The molecule has 1 atom stereocenters. The maximum atomic E-state index is 13.6. The molecule has 2 aliphatic rings. The van der Waals surface area contributed by atoms with Crippen LogP contribution in [-0.4, -0.2) is 17.4 Å². The highest BCUT2D eigenvalue weighted by molar-refractivity contribution is 6.30. The number of nitrogens with zero attached hydrogens (tertiary/aromatic N) is 1. The zero-order chi connectivity index (χ0) is 22.5. The van der Waals surface area contributed by atoms with Crippen LogP contribution in [0.1, 0.15) is 48.4 Å². The van der Waals surface area contributed by atoms with E-state index in [1.807, 2.05) is 30.4 Å². The Balaban J connectivity index is 1.61. The van der Waals surface area contributed by atoms with Crippen molar-refractivity contribution < 1.29 is 9.18 Å². The van der Waals surface area contributed by atoms with Gasteiger partial charge in [0.2, 0.25) is 5.91 Å². The van der Waals surface area contributed by atoms with Crippen LogP contribution in [0, 0.1) is 18.7 Å². The first-order valence-corrected chi connectivity index (χ1v) is 11.7. The van der Waals surface area contributed by atoms with Crippen molar-refractivity contribution >= 4 is 17.5 Å². The summed E-state index contributed by atoms with van der Waals surface area (Å²) in [4.78, 5) is 15.7. The van der Waals surface area contributed by atoms with E-state index in [2.05, 4.69) is 30.0 Å². The molecule has 1 saturated carbocycles. The molecule has 166 valence electrons. The Morgan fingerprint density at radius 2 is 1.91 bits per heavy atom. The van der Waals surface area contributed by atoms with Gasteiger partial charge in [-0.1, -0.05) is 60.2 Å². The second-order valence-electron chi connectivity index (χ2n) is 8.77. The molecule has 2 aromatic carbocycles. The molecule has 32 heavy (non-hydrogen) atoms. The molecule has 0 saturated heterocycles. The molecule has 4 rings (SSSR count). The van der Waals surface area contributed by atoms with E-state index in [-0.39, 0.29) is 17.8 Å². The van der Waals surface area contributed by atoms with Gasteiger partial charge in [-0.15, -0.1) is 0 Å². The van der Waals surface area contributed by atoms with Crippen LogP contribution < -0.4 is 0 Å². The van der Waals surface area contributed by atoms with Gasteiger partial charge < -0.3 is 4.90 Å². The molecule has 1 amide bonds. The molecule has 0 spiro atoms. The maximum Gasteiger partial charge on any atom is 0.223 e. The van der Waals surface area contributed by atoms with Gasteiger partial charge in [0, 0.05) is 18.0 Å². The third kappa shape index (κ3) is 5.77. The van der Waals surface area contributed by atoms with Crippen LogP contribution in [0.15, 0.2) is 78.4 Å². The van der Waals surface area contributed by atoms with Crippen molar-refractivity contribution in [1.82, 2.24) is 4.90 Å². The first kappa shape index (κ1) is 22.5. The summed E-state index contributed by atoms with van der Waals surface area (Å²) >= 11 is 6.23. The molecular formula is C28H29ClFNO. The Labute approximate surface area is 195 Å². The summed E-state index contributed by atoms with van der Waals surface area (Å²) in [7, 11) is 0. The second-order valence-corrected chi connectivity index (χ2v) is 9.21. The normalized spacial score (nSPS) is 16.4. The number of hydrogen-bond acceptors (Lipinski definition) is 1. The smallest absolute Gasteiger partial charge is 0.223 e. The van der Waals surface area contributed by atoms with E-state index in [0.717, 1.165) is 35.4 Å². The predicted molar refractivity (Wildman–Crippen MR) is 129 cm³/mol. The minimum absolute atomic E-state index is 0.0464. The molecule has 0 bridgehead atoms. The number of carbonyl (C=O) groups excluding carboxylic acids is 1. The number of carbonyl (C=O) groups is 1. The standard InChI is InChI=1S/C28H29ClFNO/c1-20-18-24(29)13-16-26(20)28(23-11-12-23)31(19-22-6-4-2-3-5-7-22)27(32)17-10-21-8-14-25(30)15-9-21/h2-6,8-9,13-16,18,23,28H,7,10-12,17,19H2,1H3. The SMILES string of the molecule is Cc1cc(Cl)ccc1C(C1CC1)N(CC1=CC=CC=CC1)C(=O)CCc1ccc(F)cc1. The number of aryl methyl sites for hydroxylation is 2. The van der Waals surface area contributed by atoms with Gasteiger partial charge in [0.05, 0.1) is 6.04 Å². The molecule has 0 heterocycles. The van der Waals surface area contributed by atoms with Crippen molar-refractivity contribution in [1.29, 1.82) is 0 Å². The van der Waals surface area contributed by atoms with Crippen LogP contribution in [0.4, 0.5) is 4.39 Å². The monoisotopic (exact) mass is 449 g/mol. The Hall–Kier alpha value is -2.65. The third-order valence-corrected chi connectivity index (χ3v) is 6.49. The van der Waals surface area contributed by atoms with Gasteiger partial charge in [-0.3, -0.25) is 4.79 Å². The minimum atomic E-state index is -0.255. The highest BCUT2D eigenvalue weighted by atomic mass is 35.5. The van der Waals surface area contributed by atoms with Crippen molar-refractivity contribution in [2.75, 3.05) is 6.54 Å². The maximum absolute atomic E-state index is 13.6. The van der Waals surface area contributed by atoms with Crippen LogP contribution in [0.2, 0.25) is 5.02 Å². The van der Waals surface area contributed by atoms with Crippen LogP contribution in [-0.2, 0) is 11.2 Å². The van der Waals surface area contributed by atoms with Gasteiger partial charge in [0.15, 0.2) is 0 Å². The van der Waals surface area contributed by atoms with Gasteiger partial charge in [-0.25, -0.2) is 4.39 Å². The lowest BCUT2D eigenvalue weighted by Crippen LogP contribution is -2.38. The second kappa shape index (κ2) is 10.3. The lowest BCUT2D eigenvalue weighted by molar-refractivity contribution is -0.133. The number of hydrogen-bond donors (Lipinski definition) is 0. The highest BCUT2D eigenvalue weighted by Crippen LogP contribution is 2.46. The van der Waals surface area contributed by atoms with E-state index < -0.39 is 0 Å². The summed E-state index contributed by atoms with van der Waals surface area (Å²) in [5.74, 6) is 0.357. The van der Waals surface area contributed by atoms with Crippen molar-refractivity contribution in [2.24, 2.45) is 5.92 Å². The number of amides is 1. The Morgan fingerprint density at radius 3 is 2.62 bits per heavy atom. The Morgan fingerprint density at radius 1 is 1.12 bits per heavy atom. The largest absolute Gasteiger partial charge is 0.331 e. The summed E-state index contributed by atoms with van der Waals surface area (Å²) in [6, 6.07) is 12.5. The zero-order valence-corrected chi connectivity index (χ0v) is 19.2. The van der Waals surface area contributed by atoms with Crippen LogP contribution in [0.3, 0.4) is 0 Å². The quantitative estimate of drug-likeness (QED) is 0.419. The zero-order valence-electron chi connectivity index (χ0n) is 18.4. The Kier molecular flexibility index (Phi) is 7.26. The summed E-state index contributed by atoms with van der Waals surface area (Å²) in [6.07, 6.45) is 14.5. The lowest BCUT2D eigenvalue weighted by atomic mass is 9.94. The fourth-order valence-corrected chi connectivity index (χ4v) is 4.63. The number of benzene rings is 2. The average molecular weight is 450 g/mol. The fourth-order valence-electron chi connectivity index (χ4n) is 4.40. The summed E-state index contributed by atoms with van der Waals surface area (Å²) < 4.78 is 13.3. The van der Waals surface area contributed by atoms with E-state index in [1.165, 1.54) is 23.3 Å². The molecule has 0 aromatic heterocycles. The number of allylic oxidation sites excluding steroid dienone is 5. The van der Waals surface area contributed by atoms with Crippen molar-refractivity contribution in [3.63, 3.8) is 0 Å². The molecule has 0 radical (unpaired) electrons. The molecular weight excluding hydrogens is 421 g/mol. The van der Waals surface area contributed by atoms with Gasteiger partial charge in [-0.05, 0) is 85.1 Å². The summed E-state index contributed by atoms with van der Waals surface area (Å²) in [5.41, 5.74) is 4.51. The van der Waals surface area contributed by atoms with Crippen LogP contribution >= 0.6 is 11.6 Å². The van der Waals surface area contributed by atoms with Crippen LogP contribution in [0.5, 0.6) is 0 Å². The summed E-state index contributed by atoms with van der Waals surface area (Å²) in [6.45, 7) is 2.69. The van der Waals surface area contributed by atoms with E-state index in [1.54, 1.807) is 12.1 Å². The average Bonchev–Trinajstić information content (AvgIpc) is 3.62. The summed E-state index contributed by atoms with van der Waals surface area (Å²) in [5, 5.41) is 0.719. The van der Waals surface area contributed by atoms with Crippen molar-refractivity contribution in [3.8, 4) is 0 Å². The number of halogens is 2. The first-order valence-electron chi connectivity index (χ1n) is 11.3. The van der Waals surface area contributed by atoms with Crippen molar-refractivity contribution in [2.45, 2.75) is 45.1 Å². The Bertz CT molecular complexity index is 1050. The molecule has 4 heteroatoms. The van der Waals surface area contributed by atoms with E-state index in [0.29, 0.717) is 25.3 Å². The predicted octanol–water partition coefficient (Wildman–Crippen LogP) is 7.14.